The number of hydrogen-bond donors (Lipinski definition) is 1. The van der Waals surface area contributed by atoms with Crippen molar-refractivity contribution in [3.8, 4) is 11.5 Å². The van der Waals surface area contributed by atoms with Gasteiger partial charge in [-0.15, -0.1) is 11.3 Å². The SMILES string of the molecule is COCCOc1cc([C@H](Cc2c(Cl)c[nH+]cc2Cl)OC(=O)c2ccc(CNC(C(=O)OCC3CCN(C)CC3)c3ccccc3)s2)ccc1OC(F)F. The molecule has 2 N–H and O–H groups in total. The first-order valence-electron chi connectivity index (χ1n) is 17.1. The summed E-state index contributed by atoms with van der Waals surface area (Å²) >= 11 is 14.1. The second-order valence-electron chi connectivity index (χ2n) is 12.5. The minimum absolute atomic E-state index is 0.0156. The van der Waals surface area contributed by atoms with Crippen LogP contribution in [0.15, 0.2) is 73.1 Å². The van der Waals surface area contributed by atoms with Gasteiger partial charge in [0.05, 0.1) is 13.2 Å². The Balaban J connectivity index is 1.31. The zero-order chi connectivity index (χ0) is 37.7. The summed E-state index contributed by atoms with van der Waals surface area (Å²) in [5.74, 6) is -0.840. The van der Waals surface area contributed by atoms with Crippen molar-refractivity contribution in [1.82, 2.24) is 10.2 Å². The minimum atomic E-state index is -3.09. The second kappa shape index (κ2) is 20.0. The van der Waals surface area contributed by atoms with Gasteiger partial charge in [-0.05, 0) is 74.3 Å². The lowest BCUT2D eigenvalue weighted by molar-refractivity contribution is -0.377. The predicted octanol–water partition coefficient (Wildman–Crippen LogP) is 7.35. The van der Waals surface area contributed by atoms with Crippen molar-refractivity contribution >= 4 is 46.5 Å². The lowest BCUT2D eigenvalue weighted by Gasteiger charge is -2.29. The van der Waals surface area contributed by atoms with Gasteiger partial charge >= 0.3 is 18.6 Å². The first-order chi connectivity index (χ1) is 25.6. The first-order valence-corrected chi connectivity index (χ1v) is 18.7. The molecule has 5 rings (SSSR count). The lowest BCUT2D eigenvalue weighted by Crippen LogP contribution is -2.34. The van der Waals surface area contributed by atoms with E-state index in [1.54, 1.807) is 24.5 Å². The van der Waals surface area contributed by atoms with E-state index in [2.05, 4.69) is 27.0 Å². The van der Waals surface area contributed by atoms with E-state index < -0.39 is 24.7 Å². The first kappa shape index (κ1) is 40.3. The van der Waals surface area contributed by atoms with Gasteiger partial charge in [-0.2, -0.15) is 8.78 Å². The Morgan fingerprint density at radius 3 is 2.42 bits per heavy atom. The predicted molar refractivity (Wildman–Crippen MR) is 197 cm³/mol. The fourth-order valence-corrected chi connectivity index (χ4v) is 7.19. The van der Waals surface area contributed by atoms with Crippen molar-refractivity contribution < 1.29 is 47.0 Å². The smallest absolute Gasteiger partial charge is 0.387 e. The van der Waals surface area contributed by atoms with E-state index in [0.29, 0.717) is 38.6 Å². The summed E-state index contributed by atoms with van der Waals surface area (Å²) in [4.78, 5) is 33.3. The Labute approximate surface area is 321 Å². The van der Waals surface area contributed by atoms with Crippen molar-refractivity contribution in [2.45, 2.75) is 44.6 Å². The van der Waals surface area contributed by atoms with Gasteiger partial charge in [-0.1, -0.05) is 59.6 Å². The van der Waals surface area contributed by atoms with Crippen molar-refractivity contribution in [2.75, 3.05) is 47.1 Å². The van der Waals surface area contributed by atoms with E-state index in [-0.39, 0.29) is 43.6 Å². The molecule has 284 valence electrons. The van der Waals surface area contributed by atoms with Crippen LogP contribution in [0.4, 0.5) is 8.78 Å². The van der Waals surface area contributed by atoms with E-state index in [1.165, 1.54) is 36.6 Å². The molecule has 0 radical (unpaired) electrons. The molecule has 1 aliphatic rings. The molecule has 1 saturated heterocycles. The fraction of sp³-hybridized carbons (Fsp3) is 0.395. The van der Waals surface area contributed by atoms with Crippen molar-refractivity contribution in [1.29, 1.82) is 0 Å². The maximum absolute atomic E-state index is 13.7. The zero-order valence-corrected chi connectivity index (χ0v) is 31.7. The van der Waals surface area contributed by atoms with Gasteiger partial charge < -0.3 is 28.6 Å². The third-order valence-corrected chi connectivity index (χ3v) is 10.5. The largest absolute Gasteiger partial charge is 0.487 e. The maximum Gasteiger partial charge on any atom is 0.387 e. The molecule has 0 amide bonds. The van der Waals surface area contributed by atoms with Gasteiger partial charge in [0.15, 0.2) is 23.9 Å². The number of likely N-dealkylation sites (tertiary alicyclic amines) is 1. The standard InChI is InChI=1S/C38H41Cl2F2N3O7S/c1-45-14-12-24(13-15-45)23-50-37(47)35(25-6-4-3-5-7-25)44-20-27-9-11-34(53-27)36(46)51-32(19-28-29(39)21-43-22-30(28)40)26-8-10-31(52-38(41)42)33(18-26)49-17-16-48-2/h3-11,18,21-22,24,32,35,38,44H,12-17,19-20,23H2,1-2H3/p+1/t32-,35?/m0/s1. The number of ether oxygens (including phenoxy) is 5. The van der Waals surface area contributed by atoms with Gasteiger partial charge in [0.1, 0.15) is 33.7 Å². The number of carbonyl (C=O) groups is 2. The highest BCUT2D eigenvalue weighted by Crippen LogP contribution is 2.37. The van der Waals surface area contributed by atoms with Crippen LogP contribution in [0.25, 0.3) is 0 Å². The molecule has 0 saturated carbocycles. The van der Waals surface area contributed by atoms with Gasteiger partial charge in [0.2, 0.25) is 0 Å². The van der Waals surface area contributed by atoms with Crippen LogP contribution in [-0.2, 0) is 32.0 Å². The molecule has 2 atom stereocenters. The molecular formula is C38H42Cl2F2N3O7S+. The molecule has 10 nitrogen and oxygen atoms in total. The molecule has 0 bridgehead atoms. The molecule has 15 heteroatoms. The fourth-order valence-electron chi connectivity index (χ4n) is 5.82. The van der Waals surface area contributed by atoms with E-state index in [1.807, 2.05) is 30.3 Å². The highest BCUT2D eigenvalue weighted by atomic mass is 35.5. The third kappa shape index (κ3) is 11.8. The van der Waals surface area contributed by atoms with Crippen LogP contribution >= 0.6 is 34.5 Å². The number of benzene rings is 2. The normalized spacial score (nSPS) is 14.8. The molecular weight excluding hydrogens is 751 g/mol. The summed E-state index contributed by atoms with van der Waals surface area (Å²) in [6.45, 7) is -0.222. The molecule has 1 aliphatic heterocycles. The van der Waals surface area contributed by atoms with E-state index >= 15 is 0 Å². The molecule has 2 aromatic heterocycles. The monoisotopic (exact) mass is 792 g/mol. The summed E-state index contributed by atoms with van der Waals surface area (Å²) in [6, 6.07) is 16.4. The molecule has 1 unspecified atom stereocenters. The number of H-pyrrole nitrogens is 1. The second-order valence-corrected chi connectivity index (χ2v) is 14.5. The quantitative estimate of drug-likeness (QED) is 0.0817. The molecule has 4 aromatic rings. The van der Waals surface area contributed by atoms with Crippen LogP contribution in [0.1, 0.15) is 56.2 Å². The Morgan fingerprint density at radius 1 is 0.981 bits per heavy atom. The van der Waals surface area contributed by atoms with Crippen LogP contribution in [0, 0.1) is 5.92 Å². The number of halogens is 4. The van der Waals surface area contributed by atoms with Crippen molar-refractivity contribution in [3.63, 3.8) is 0 Å². The van der Waals surface area contributed by atoms with E-state index in [0.717, 1.165) is 36.4 Å². The number of carbonyl (C=O) groups excluding carboxylic acids is 2. The van der Waals surface area contributed by atoms with E-state index in [9.17, 15) is 18.4 Å². The number of rotatable bonds is 18. The Kier molecular flexibility index (Phi) is 15.2. The minimum Gasteiger partial charge on any atom is -0.487 e. The molecule has 0 spiro atoms. The number of hydrogen-bond acceptors (Lipinski definition) is 10. The zero-order valence-electron chi connectivity index (χ0n) is 29.3. The Bertz CT molecular complexity index is 1770. The van der Waals surface area contributed by atoms with Crippen LogP contribution in [0.2, 0.25) is 10.0 Å². The Morgan fingerprint density at radius 2 is 1.72 bits per heavy atom. The maximum atomic E-state index is 13.7. The Hall–Kier alpha value is -3.85. The number of methoxy groups -OCH3 is 1. The summed E-state index contributed by atoms with van der Waals surface area (Å²) in [6.07, 6.45) is 4.15. The average Bonchev–Trinajstić information content (AvgIpc) is 3.63. The third-order valence-electron chi connectivity index (χ3n) is 8.75. The lowest BCUT2D eigenvalue weighted by atomic mass is 9.98. The highest BCUT2D eigenvalue weighted by molar-refractivity contribution is 7.13. The highest BCUT2D eigenvalue weighted by Gasteiger charge is 2.27. The van der Waals surface area contributed by atoms with Crippen LogP contribution in [0.5, 0.6) is 11.5 Å². The van der Waals surface area contributed by atoms with Gasteiger partial charge in [0.25, 0.3) is 0 Å². The summed E-state index contributed by atoms with van der Waals surface area (Å²) in [5.41, 5.74) is 1.70. The van der Waals surface area contributed by atoms with Crippen LogP contribution < -0.4 is 19.8 Å². The van der Waals surface area contributed by atoms with Crippen LogP contribution in [-0.4, -0.2) is 70.5 Å². The number of aromatic nitrogens is 1. The van der Waals surface area contributed by atoms with Crippen LogP contribution in [0.3, 0.4) is 0 Å². The molecule has 2 aromatic carbocycles. The number of nitrogens with one attached hydrogen (secondary N) is 2. The number of alkyl halides is 2. The average molecular weight is 794 g/mol. The summed E-state index contributed by atoms with van der Waals surface area (Å²) < 4.78 is 53.6. The van der Waals surface area contributed by atoms with Crippen molar-refractivity contribution in [3.05, 3.63) is 110 Å². The summed E-state index contributed by atoms with van der Waals surface area (Å²) in [5, 5.41) is 3.94. The van der Waals surface area contributed by atoms with Crippen molar-refractivity contribution in [2.24, 2.45) is 5.92 Å². The van der Waals surface area contributed by atoms with Gasteiger partial charge in [-0.3, -0.25) is 5.32 Å². The molecule has 1 fully saturated rings. The molecule has 0 aliphatic carbocycles. The topological polar surface area (TPSA) is 110 Å². The van der Waals surface area contributed by atoms with Gasteiger partial charge in [0, 0.05) is 30.5 Å². The molecule has 53 heavy (non-hydrogen) atoms. The number of thiophene rings is 1. The number of esters is 2. The number of aromatic amines is 1. The summed E-state index contributed by atoms with van der Waals surface area (Å²) in [7, 11) is 3.57. The number of pyridine rings is 1. The molecule has 3 heterocycles. The van der Waals surface area contributed by atoms with Gasteiger partial charge in [-0.25, -0.2) is 14.6 Å². The van der Waals surface area contributed by atoms with E-state index in [4.69, 9.17) is 42.1 Å². The number of nitrogens with zero attached hydrogens (tertiary/aromatic N) is 1. The number of piperidine rings is 1.